The van der Waals surface area contributed by atoms with Gasteiger partial charge < -0.3 is 9.64 Å². The number of amides is 3. The quantitative estimate of drug-likeness (QED) is 0.310. The van der Waals surface area contributed by atoms with Crippen molar-refractivity contribution in [1.82, 2.24) is 9.80 Å². The van der Waals surface area contributed by atoms with Crippen LogP contribution < -0.4 is 0 Å². The molecule has 3 aliphatic rings. The molecule has 1 saturated heterocycles. The smallest absolute Gasteiger partial charge is 0.328 e. The van der Waals surface area contributed by atoms with Crippen LogP contribution in [0.2, 0.25) is 0 Å². The third-order valence-corrected chi connectivity index (χ3v) is 6.68. The number of nitro groups is 1. The molecule has 1 aromatic rings. The Labute approximate surface area is 178 Å². The predicted octanol–water partition coefficient (Wildman–Crippen LogP) is 1.91. The first-order valence-corrected chi connectivity index (χ1v) is 10.3. The maximum atomic E-state index is 13.5. The number of likely N-dealkylation sites (tertiary alicyclic amines) is 1. The van der Waals surface area contributed by atoms with E-state index >= 15 is 0 Å². The van der Waals surface area contributed by atoms with Crippen LogP contribution in [0.15, 0.2) is 18.2 Å². The number of hydrogen-bond donors (Lipinski definition) is 0. The van der Waals surface area contributed by atoms with Gasteiger partial charge in [0.1, 0.15) is 17.6 Å². The molecule has 3 amide bonds. The minimum Gasteiger partial charge on any atom is -0.467 e. The zero-order valence-corrected chi connectivity index (χ0v) is 17.3. The minimum atomic E-state index is -1.21. The highest BCUT2D eigenvalue weighted by atomic mass is 16.6. The monoisotopic (exact) mass is 429 g/mol. The maximum absolute atomic E-state index is 13.5. The molecule has 2 aliphatic heterocycles. The zero-order chi connectivity index (χ0) is 22.4. The number of nitrogens with zero attached hydrogens (tertiary/aromatic N) is 3. The largest absolute Gasteiger partial charge is 0.467 e. The first-order chi connectivity index (χ1) is 14.8. The average molecular weight is 429 g/mol. The summed E-state index contributed by atoms with van der Waals surface area (Å²) in [4.78, 5) is 64.7. The Bertz CT molecular complexity index is 991. The van der Waals surface area contributed by atoms with Crippen LogP contribution in [0.5, 0.6) is 0 Å². The number of ether oxygens (including phenoxy) is 1. The number of methoxy groups -OCH3 is 1. The zero-order valence-electron chi connectivity index (χ0n) is 17.3. The average Bonchev–Trinajstić information content (AvgIpc) is 3.27. The highest BCUT2D eigenvalue weighted by Gasteiger charge is 2.52. The first-order valence-electron chi connectivity index (χ1n) is 10.3. The summed E-state index contributed by atoms with van der Waals surface area (Å²) in [5.74, 6) is -2.51. The van der Waals surface area contributed by atoms with Gasteiger partial charge in [-0.15, -0.1) is 0 Å². The van der Waals surface area contributed by atoms with Crippen LogP contribution in [-0.4, -0.2) is 63.6 Å². The van der Waals surface area contributed by atoms with Crippen molar-refractivity contribution in [2.24, 2.45) is 5.92 Å². The molecule has 1 aliphatic carbocycles. The van der Waals surface area contributed by atoms with Gasteiger partial charge in [-0.05, 0) is 38.2 Å². The van der Waals surface area contributed by atoms with Gasteiger partial charge in [0.15, 0.2) is 0 Å². The summed E-state index contributed by atoms with van der Waals surface area (Å²) in [5, 5.41) is 11.3. The van der Waals surface area contributed by atoms with Crippen LogP contribution in [0.25, 0.3) is 0 Å². The van der Waals surface area contributed by atoms with Gasteiger partial charge >= 0.3 is 5.97 Å². The van der Waals surface area contributed by atoms with E-state index in [1.54, 1.807) is 0 Å². The summed E-state index contributed by atoms with van der Waals surface area (Å²) in [5.41, 5.74) is -0.877. The van der Waals surface area contributed by atoms with Crippen molar-refractivity contribution in [2.75, 3.05) is 7.11 Å². The fourth-order valence-corrected chi connectivity index (χ4v) is 5.24. The molecule has 1 saturated carbocycles. The standard InChI is InChI=1S/C21H23N3O7/c1-11(22-19(26)13-7-5-9-15(24(29)30)17(13)20(22)27)18(25)23-14-8-4-3-6-12(14)10-16(23)21(28)31-2/h5,7,9,11-12,14,16H,3-4,6,8,10H2,1-2H3. The molecule has 2 fully saturated rings. The first kappa shape index (κ1) is 21.0. The van der Waals surface area contributed by atoms with Crippen molar-refractivity contribution >= 4 is 29.4 Å². The number of carbonyl (C=O) groups excluding carboxylic acids is 4. The van der Waals surface area contributed by atoms with Crippen LogP contribution in [-0.2, 0) is 14.3 Å². The third-order valence-electron chi connectivity index (χ3n) is 6.68. The Hall–Kier alpha value is -3.30. The van der Waals surface area contributed by atoms with Gasteiger partial charge in [-0.25, -0.2) is 4.79 Å². The van der Waals surface area contributed by atoms with E-state index in [9.17, 15) is 29.3 Å². The second-order valence-corrected chi connectivity index (χ2v) is 8.25. The van der Waals surface area contributed by atoms with E-state index in [4.69, 9.17) is 4.74 Å². The van der Waals surface area contributed by atoms with Crippen LogP contribution >= 0.6 is 0 Å². The van der Waals surface area contributed by atoms with Crippen molar-refractivity contribution in [1.29, 1.82) is 0 Å². The van der Waals surface area contributed by atoms with Crippen LogP contribution in [0, 0.1) is 16.0 Å². The predicted molar refractivity (Wildman–Crippen MR) is 106 cm³/mol. The minimum absolute atomic E-state index is 0.0969. The van der Waals surface area contributed by atoms with Gasteiger partial charge in [0, 0.05) is 12.1 Å². The van der Waals surface area contributed by atoms with E-state index in [0.29, 0.717) is 6.42 Å². The summed E-state index contributed by atoms with van der Waals surface area (Å²) in [6.07, 6.45) is 4.07. The number of rotatable bonds is 4. The topological polar surface area (TPSA) is 127 Å². The fourth-order valence-electron chi connectivity index (χ4n) is 5.24. The van der Waals surface area contributed by atoms with Gasteiger partial charge in [-0.1, -0.05) is 18.9 Å². The lowest BCUT2D eigenvalue weighted by molar-refractivity contribution is -0.385. The summed E-state index contributed by atoms with van der Waals surface area (Å²) >= 11 is 0. The van der Waals surface area contributed by atoms with Gasteiger partial charge in [0.25, 0.3) is 17.5 Å². The number of esters is 1. The Kier molecular flexibility index (Phi) is 5.24. The number of imide groups is 1. The lowest BCUT2D eigenvalue weighted by Crippen LogP contribution is -2.55. The fraction of sp³-hybridized carbons (Fsp3) is 0.524. The Morgan fingerprint density at radius 3 is 2.58 bits per heavy atom. The molecule has 10 heteroatoms. The van der Waals surface area contributed by atoms with Crippen molar-refractivity contribution in [3.8, 4) is 0 Å². The molecule has 4 unspecified atom stereocenters. The molecule has 0 bridgehead atoms. The van der Waals surface area contributed by atoms with Gasteiger partial charge in [-0.2, -0.15) is 0 Å². The van der Waals surface area contributed by atoms with E-state index in [0.717, 1.165) is 36.6 Å². The molecule has 2 heterocycles. The second kappa shape index (κ2) is 7.75. The van der Waals surface area contributed by atoms with Gasteiger partial charge in [-0.3, -0.25) is 29.4 Å². The highest BCUT2D eigenvalue weighted by Crippen LogP contribution is 2.41. The molecule has 0 radical (unpaired) electrons. The Morgan fingerprint density at radius 1 is 1.19 bits per heavy atom. The van der Waals surface area contributed by atoms with Crippen LogP contribution in [0.3, 0.4) is 0 Å². The molecule has 1 aromatic carbocycles. The normalized spacial score (nSPS) is 25.8. The Balaban J connectivity index is 1.66. The van der Waals surface area contributed by atoms with Crippen molar-refractivity contribution in [3.05, 3.63) is 39.4 Å². The molecule has 31 heavy (non-hydrogen) atoms. The van der Waals surface area contributed by atoms with E-state index in [2.05, 4.69) is 0 Å². The van der Waals surface area contributed by atoms with Crippen molar-refractivity contribution in [2.45, 2.75) is 57.2 Å². The molecule has 0 spiro atoms. The highest BCUT2D eigenvalue weighted by molar-refractivity contribution is 6.24. The summed E-state index contributed by atoms with van der Waals surface area (Å²) in [6, 6.07) is 1.69. The van der Waals surface area contributed by atoms with Gasteiger partial charge in [0.05, 0.1) is 17.6 Å². The number of hydrogen-bond acceptors (Lipinski definition) is 7. The molecule has 164 valence electrons. The number of fused-ring (bicyclic) bond motifs is 2. The second-order valence-electron chi connectivity index (χ2n) is 8.25. The van der Waals surface area contributed by atoms with E-state index < -0.39 is 46.4 Å². The third kappa shape index (κ3) is 3.17. The van der Waals surface area contributed by atoms with E-state index in [1.807, 2.05) is 0 Å². The lowest BCUT2D eigenvalue weighted by atomic mass is 9.84. The molecular weight excluding hydrogens is 406 g/mol. The molecule has 10 nitrogen and oxygen atoms in total. The van der Waals surface area contributed by atoms with Gasteiger partial charge in [0.2, 0.25) is 5.91 Å². The SMILES string of the molecule is COC(=O)C1CC2CCCCC2N1C(=O)C(C)N1C(=O)c2cccc([N+](=O)[O-])c2C1=O. The summed E-state index contributed by atoms with van der Waals surface area (Å²) in [7, 11) is 1.26. The Morgan fingerprint density at radius 2 is 1.90 bits per heavy atom. The van der Waals surface area contributed by atoms with E-state index in [-0.39, 0.29) is 23.1 Å². The lowest BCUT2D eigenvalue weighted by Gasteiger charge is -2.36. The summed E-state index contributed by atoms with van der Waals surface area (Å²) in [6.45, 7) is 1.42. The van der Waals surface area contributed by atoms with Crippen LogP contribution in [0.4, 0.5) is 5.69 Å². The van der Waals surface area contributed by atoms with Crippen LogP contribution in [0.1, 0.15) is 59.7 Å². The summed E-state index contributed by atoms with van der Waals surface area (Å²) < 4.78 is 4.91. The van der Waals surface area contributed by atoms with Crippen molar-refractivity contribution < 1.29 is 28.8 Å². The number of carbonyl (C=O) groups is 4. The molecule has 4 atom stereocenters. The van der Waals surface area contributed by atoms with Crippen molar-refractivity contribution in [3.63, 3.8) is 0 Å². The molecular formula is C21H23N3O7. The molecule has 4 rings (SSSR count). The van der Waals surface area contributed by atoms with E-state index in [1.165, 1.54) is 31.1 Å². The molecule has 0 N–H and O–H groups in total. The number of benzene rings is 1. The maximum Gasteiger partial charge on any atom is 0.328 e. The molecule has 0 aromatic heterocycles. The number of nitro benzene ring substituents is 1.